The molecule has 2 atom stereocenters. The fourth-order valence-electron chi connectivity index (χ4n) is 3.23. The Kier molecular flexibility index (Phi) is 7.23. The molecule has 120 valence electrons. The molecule has 0 amide bonds. The van der Waals surface area contributed by atoms with E-state index in [2.05, 4.69) is 49.4 Å². The SMILES string of the molecule is C=CC[C@@]1(CC(C)C)C[C@H](CN=[N+]=[N-])ON1CCC(C)C. The Morgan fingerprint density at radius 3 is 2.67 bits per heavy atom. The van der Waals surface area contributed by atoms with Gasteiger partial charge in [0.15, 0.2) is 0 Å². The summed E-state index contributed by atoms with van der Waals surface area (Å²) in [6, 6.07) is 0. The van der Waals surface area contributed by atoms with E-state index < -0.39 is 0 Å². The van der Waals surface area contributed by atoms with E-state index in [0.717, 1.165) is 32.2 Å². The molecule has 1 saturated heterocycles. The van der Waals surface area contributed by atoms with E-state index >= 15 is 0 Å². The van der Waals surface area contributed by atoms with Crippen LogP contribution in [0.2, 0.25) is 0 Å². The summed E-state index contributed by atoms with van der Waals surface area (Å²) in [7, 11) is 0. The van der Waals surface area contributed by atoms with Gasteiger partial charge in [-0.1, -0.05) is 38.9 Å². The summed E-state index contributed by atoms with van der Waals surface area (Å²) in [6.45, 7) is 14.2. The predicted octanol–water partition coefficient (Wildman–Crippen LogP) is 4.71. The molecule has 1 aliphatic rings. The van der Waals surface area contributed by atoms with Crippen LogP contribution in [0.1, 0.15) is 53.4 Å². The second-order valence-corrected chi connectivity index (χ2v) is 6.94. The summed E-state index contributed by atoms with van der Waals surface area (Å²) in [5.41, 5.74) is 8.52. The van der Waals surface area contributed by atoms with Crippen molar-refractivity contribution < 1.29 is 4.84 Å². The van der Waals surface area contributed by atoms with Crippen LogP contribution in [0.15, 0.2) is 17.8 Å². The van der Waals surface area contributed by atoms with E-state index in [1.165, 1.54) is 0 Å². The Hall–Kier alpha value is -1.03. The fourth-order valence-corrected chi connectivity index (χ4v) is 3.23. The standard InChI is InChI=1S/C16H30N4O/c1-6-8-16(10-14(4)5)11-15(12-18-19-17)21-20(16)9-7-13(2)3/h6,13-15H,1,7-12H2,2-5H3/t15-,16-/m1/s1. The molecule has 0 unspecified atom stereocenters. The fraction of sp³-hybridized carbons (Fsp3) is 0.875. The van der Waals surface area contributed by atoms with Gasteiger partial charge in [-0.25, -0.2) is 0 Å². The molecule has 0 saturated carbocycles. The highest BCUT2D eigenvalue weighted by molar-refractivity contribution is 4.99. The smallest absolute Gasteiger partial charge is 0.0868 e. The summed E-state index contributed by atoms with van der Waals surface area (Å²) in [6.07, 6.45) is 5.98. The summed E-state index contributed by atoms with van der Waals surface area (Å²) in [5.74, 6) is 1.23. The molecule has 0 aromatic carbocycles. The minimum atomic E-state index is -0.00763. The lowest BCUT2D eigenvalue weighted by molar-refractivity contribution is -0.190. The van der Waals surface area contributed by atoms with E-state index in [1.54, 1.807) is 0 Å². The number of azide groups is 1. The molecule has 0 radical (unpaired) electrons. The van der Waals surface area contributed by atoms with Crippen LogP contribution in [-0.4, -0.2) is 29.8 Å². The molecule has 0 bridgehead atoms. The maximum atomic E-state index is 8.52. The molecule has 0 spiro atoms. The van der Waals surface area contributed by atoms with Gasteiger partial charge in [0.25, 0.3) is 0 Å². The van der Waals surface area contributed by atoms with Gasteiger partial charge < -0.3 is 0 Å². The maximum Gasteiger partial charge on any atom is 0.0868 e. The molecule has 1 heterocycles. The van der Waals surface area contributed by atoms with Crippen LogP contribution in [0.4, 0.5) is 0 Å². The van der Waals surface area contributed by atoms with Crippen molar-refractivity contribution in [2.45, 2.75) is 65.0 Å². The first-order valence-corrected chi connectivity index (χ1v) is 7.99. The lowest BCUT2D eigenvalue weighted by atomic mass is 9.81. The van der Waals surface area contributed by atoms with Gasteiger partial charge >= 0.3 is 0 Å². The van der Waals surface area contributed by atoms with Crippen molar-refractivity contribution >= 4 is 0 Å². The Morgan fingerprint density at radius 1 is 1.43 bits per heavy atom. The van der Waals surface area contributed by atoms with Crippen LogP contribution in [0.25, 0.3) is 10.4 Å². The molecule has 1 rings (SSSR count). The zero-order chi connectivity index (χ0) is 15.9. The number of hydrogen-bond acceptors (Lipinski definition) is 3. The minimum Gasteiger partial charge on any atom is -0.295 e. The number of hydroxylamine groups is 2. The molecular formula is C16H30N4O. The Labute approximate surface area is 128 Å². The van der Waals surface area contributed by atoms with Crippen molar-refractivity contribution in [2.24, 2.45) is 17.0 Å². The highest BCUT2D eigenvalue weighted by Crippen LogP contribution is 2.40. The van der Waals surface area contributed by atoms with Crippen molar-refractivity contribution in [3.8, 4) is 0 Å². The second kappa shape index (κ2) is 8.42. The lowest BCUT2D eigenvalue weighted by Crippen LogP contribution is -2.44. The summed E-state index contributed by atoms with van der Waals surface area (Å²) in [5, 5.41) is 5.85. The van der Waals surface area contributed by atoms with Gasteiger partial charge in [-0.3, -0.25) is 4.84 Å². The zero-order valence-electron chi connectivity index (χ0n) is 14.0. The summed E-state index contributed by atoms with van der Waals surface area (Å²) >= 11 is 0. The molecule has 5 heteroatoms. The average molecular weight is 294 g/mol. The zero-order valence-corrected chi connectivity index (χ0v) is 14.0. The van der Waals surface area contributed by atoms with Crippen molar-refractivity contribution in [1.82, 2.24) is 5.06 Å². The topological polar surface area (TPSA) is 61.2 Å². The van der Waals surface area contributed by atoms with Crippen LogP contribution >= 0.6 is 0 Å². The van der Waals surface area contributed by atoms with Crippen molar-refractivity contribution in [2.75, 3.05) is 13.1 Å². The first-order valence-electron chi connectivity index (χ1n) is 7.99. The van der Waals surface area contributed by atoms with E-state index in [-0.39, 0.29) is 11.6 Å². The number of rotatable bonds is 9. The van der Waals surface area contributed by atoms with Crippen LogP contribution in [0, 0.1) is 11.8 Å². The van der Waals surface area contributed by atoms with Gasteiger partial charge in [-0.05, 0) is 43.1 Å². The predicted molar refractivity (Wildman–Crippen MR) is 86.7 cm³/mol. The molecule has 5 nitrogen and oxygen atoms in total. The molecule has 21 heavy (non-hydrogen) atoms. The largest absolute Gasteiger partial charge is 0.295 e. The van der Waals surface area contributed by atoms with Crippen LogP contribution in [0.5, 0.6) is 0 Å². The van der Waals surface area contributed by atoms with Gasteiger partial charge in [0.05, 0.1) is 18.2 Å². The van der Waals surface area contributed by atoms with Gasteiger partial charge in [-0.2, -0.15) is 5.06 Å². The number of hydrogen-bond donors (Lipinski definition) is 0. The molecule has 0 aromatic heterocycles. The van der Waals surface area contributed by atoms with Crippen LogP contribution in [-0.2, 0) is 4.84 Å². The van der Waals surface area contributed by atoms with E-state index in [4.69, 9.17) is 10.4 Å². The molecular weight excluding hydrogens is 264 g/mol. The minimum absolute atomic E-state index is 0.000445. The van der Waals surface area contributed by atoms with Gasteiger partial charge in [0.1, 0.15) is 0 Å². The van der Waals surface area contributed by atoms with Gasteiger partial charge in [-0.15, -0.1) is 6.58 Å². The van der Waals surface area contributed by atoms with E-state index in [0.29, 0.717) is 18.4 Å². The quantitative estimate of drug-likeness (QED) is 0.267. The molecule has 0 N–H and O–H groups in total. The number of nitrogens with zero attached hydrogens (tertiary/aromatic N) is 4. The molecule has 0 aromatic rings. The third-order valence-corrected chi connectivity index (χ3v) is 3.98. The van der Waals surface area contributed by atoms with E-state index in [1.807, 2.05) is 6.08 Å². The maximum absolute atomic E-state index is 8.52. The summed E-state index contributed by atoms with van der Waals surface area (Å²) < 4.78 is 0. The van der Waals surface area contributed by atoms with Crippen molar-refractivity contribution in [1.29, 1.82) is 0 Å². The average Bonchev–Trinajstić information content (AvgIpc) is 2.71. The van der Waals surface area contributed by atoms with Crippen molar-refractivity contribution in [3.63, 3.8) is 0 Å². The third kappa shape index (κ3) is 5.34. The first kappa shape index (κ1) is 18.0. The second-order valence-electron chi connectivity index (χ2n) is 6.94. The Bertz CT molecular complexity index is 376. The lowest BCUT2D eigenvalue weighted by Gasteiger charge is -2.37. The Balaban J connectivity index is 2.88. The molecule has 0 aliphatic carbocycles. The highest BCUT2D eigenvalue weighted by Gasteiger charge is 2.45. The normalized spacial score (nSPS) is 26.3. The molecule has 1 fully saturated rings. The van der Waals surface area contributed by atoms with Crippen LogP contribution < -0.4 is 0 Å². The highest BCUT2D eigenvalue weighted by atomic mass is 16.7. The first-order chi connectivity index (χ1) is 9.93. The van der Waals surface area contributed by atoms with Gasteiger partial charge in [0.2, 0.25) is 0 Å². The Morgan fingerprint density at radius 2 is 2.14 bits per heavy atom. The monoisotopic (exact) mass is 294 g/mol. The molecule has 1 aliphatic heterocycles. The van der Waals surface area contributed by atoms with Crippen molar-refractivity contribution in [3.05, 3.63) is 23.1 Å². The van der Waals surface area contributed by atoms with Gasteiger partial charge in [0, 0.05) is 11.5 Å². The van der Waals surface area contributed by atoms with E-state index in [9.17, 15) is 0 Å². The van der Waals surface area contributed by atoms with Crippen LogP contribution in [0.3, 0.4) is 0 Å². The third-order valence-electron chi connectivity index (χ3n) is 3.98. The summed E-state index contributed by atoms with van der Waals surface area (Å²) in [4.78, 5) is 8.96.